The molecule has 0 radical (unpaired) electrons. The molecule has 0 spiro atoms. The molecule has 6 nitrogen and oxygen atoms in total. The van der Waals surface area contributed by atoms with Crippen molar-refractivity contribution in [1.82, 2.24) is 5.48 Å². The number of nitroso groups, excluding NO2 is 1. The molecule has 0 aliphatic heterocycles. The second-order valence-electron chi connectivity index (χ2n) is 7.59. The Morgan fingerprint density at radius 3 is 2.66 bits per heavy atom. The highest BCUT2D eigenvalue weighted by atomic mass is 16.5. The van der Waals surface area contributed by atoms with Crippen LogP contribution in [0.5, 0.6) is 0 Å². The normalized spacial score (nSPS) is 20.8. The largest absolute Gasteiger partial charge is 0.372 e. The number of hydrogen-bond acceptors (Lipinski definition) is 4. The highest BCUT2D eigenvalue weighted by Gasteiger charge is 2.42. The molecule has 2 N–H and O–H groups in total. The zero-order chi connectivity index (χ0) is 20.8. The number of nitrogens with one attached hydrogen (secondary N) is 1. The second kappa shape index (κ2) is 9.65. The topological polar surface area (TPSA) is 72.7 Å². The van der Waals surface area contributed by atoms with Crippen LogP contribution >= 0.6 is 0 Å². The third-order valence-electron chi connectivity index (χ3n) is 5.94. The molecule has 1 aromatic carbocycles. The molecule has 154 valence electrons. The van der Waals surface area contributed by atoms with E-state index in [1.54, 1.807) is 11.6 Å². The lowest BCUT2D eigenvalue weighted by molar-refractivity contribution is -0.605. The number of carbonyl (C=O) groups excluding carboxylic acids is 1. The Kier molecular flexibility index (Phi) is 6.99. The minimum absolute atomic E-state index is 0.00812. The van der Waals surface area contributed by atoms with Crippen LogP contribution in [0, 0.1) is 10.8 Å². The number of benzene rings is 1. The number of amides is 1. The molecule has 2 aliphatic rings. The van der Waals surface area contributed by atoms with E-state index in [0.29, 0.717) is 6.54 Å². The number of nitrogens with zero attached hydrogens (tertiary/aromatic N) is 2. The van der Waals surface area contributed by atoms with Gasteiger partial charge in [0.15, 0.2) is 0 Å². The summed E-state index contributed by atoms with van der Waals surface area (Å²) in [4.78, 5) is 26.3. The van der Waals surface area contributed by atoms with Crippen molar-refractivity contribution in [3.63, 3.8) is 0 Å². The van der Waals surface area contributed by atoms with E-state index >= 15 is 0 Å². The second-order valence-corrected chi connectivity index (χ2v) is 7.59. The maximum Gasteiger partial charge on any atom is 0.267 e. The predicted molar refractivity (Wildman–Crippen MR) is 114 cm³/mol. The van der Waals surface area contributed by atoms with Crippen LogP contribution in [0.2, 0.25) is 0 Å². The average Bonchev–Trinajstić information content (AvgIpc) is 3.17. The van der Waals surface area contributed by atoms with Gasteiger partial charge in [0, 0.05) is 52.4 Å². The Balaban J connectivity index is 1.61. The first-order chi connectivity index (χ1) is 14.0. The van der Waals surface area contributed by atoms with Crippen molar-refractivity contribution in [3.8, 4) is 0 Å². The first kappa shape index (κ1) is 21.0. The molecular formula is C23H30N3O3+. The third-order valence-corrected chi connectivity index (χ3v) is 5.94. The van der Waals surface area contributed by atoms with E-state index in [0.717, 1.165) is 43.5 Å². The molecule has 1 fully saturated rings. The number of anilines is 1. The molecule has 0 saturated heterocycles. The molecule has 2 unspecified atom stereocenters. The van der Waals surface area contributed by atoms with Gasteiger partial charge in [-0.2, -0.15) is 0 Å². The Bertz CT molecular complexity index is 835. The van der Waals surface area contributed by atoms with Crippen LogP contribution in [0.4, 0.5) is 5.69 Å². The summed E-state index contributed by atoms with van der Waals surface area (Å²) in [6.45, 7) is 6.63. The van der Waals surface area contributed by atoms with Crippen molar-refractivity contribution < 1.29 is 14.8 Å². The van der Waals surface area contributed by atoms with E-state index in [-0.39, 0.29) is 12.0 Å². The van der Waals surface area contributed by atoms with Crippen LogP contribution in [0.3, 0.4) is 0 Å². The van der Waals surface area contributed by atoms with Gasteiger partial charge in [0.05, 0.1) is 0 Å². The van der Waals surface area contributed by atoms with Gasteiger partial charge in [0.1, 0.15) is 0 Å². The van der Waals surface area contributed by atoms with E-state index in [2.05, 4.69) is 55.2 Å². The summed E-state index contributed by atoms with van der Waals surface area (Å²) in [5, 5.41) is 8.57. The summed E-state index contributed by atoms with van der Waals surface area (Å²) in [5.74, 6) is -0.306. The van der Waals surface area contributed by atoms with E-state index in [4.69, 9.17) is 5.21 Å². The Labute approximate surface area is 172 Å². The SMILES string of the molecule is CCN(CC)c1ccc(C[N+](=O)C2CCC3=CC(/C=C/C(=O)NO)=CCC32)cc1. The maximum atomic E-state index is 12.9. The van der Waals surface area contributed by atoms with Crippen molar-refractivity contribution in [2.24, 2.45) is 5.92 Å². The average molecular weight is 397 g/mol. The lowest BCUT2D eigenvalue weighted by atomic mass is 9.88. The summed E-state index contributed by atoms with van der Waals surface area (Å²) in [5.41, 5.74) is 6.04. The minimum atomic E-state index is -0.548. The number of rotatable bonds is 8. The Morgan fingerprint density at radius 2 is 2.00 bits per heavy atom. The zero-order valence-electron chi connectivity index (χ0n) is 17.2. The van der Waals surface area contributed by atoms with Crippen molar-refractivity contribution >= 4 is 11.6 Å². The van der Waals surface area contributed by atoms with E-state index < -0.39 is 5.91 Å². The molecule has 2 aliphatic carbocycles. The fourth-order valence-electron chi connectivity index (χ4n) is 4.34. The van der Waals surface area contributed by atoms with Gasteiger partial charge >= 0.3 is 0 Å². The number of carbonyl (C=O) groups is 1. The first-order valence-corrected chi connectivity index (χ1v) is 10.4. The van der Waals surface area contributed by atoms with Crippen LogP contribution < -0.4 is 10.4 Å². The first-order valence-electron chi connectivity index (χ1n) is 10.4. The molecule has 29 heavy (non-hydrogen) atoms. The molecule has 2 atom stereocenters. The van der Waals surface area contributed by atoms with Gasteiger partial charge in [-0.3, -0.25) is 10.0 Å². The molecule has 6 heteroatoms. The van der Waals surface area contributed by atoms with Crippen LogP contribution in [-0.2, 0) is 11.3 Å². The van der Waals surface area contributed by atoms with Crippen LogP contribution in [-0.4, -0.2) is 35.0 Å². The van der Waals surface area contributed by atoms with Crippen molar-refractivity contribution in [3.05, 3.63) is 70.2 Å². The van der Waals surface area contributed by atoms with Crippen molar-refractivity contribution in [2.45, 2.75) is 45.7 Å². The Hall–Kier alpha value is -2.73. The zero-order valence-corrected chi connectivity index (χ0v) is 17.2. The van der Waals surface area contributed by atoms with Gasteiger partial charge in [-0.1, -0.05) is 29.9 Å². The standard InChI is InChI=1S/C23H29N3O3/c1-3-25(4-2)20-10-5-18(6-11-20)16-26(29)22-13-9-19-15-17(7-12-21(19)22)8-14-23(27)24-28/h5-8,10-11,14-15,21-22H,3-4,9,12-13,16H2,1-2H3,(H-,24,27,28)/p+1/b14-8+. The lowest BCUT2D eigenvalue weighted by Gasteiger charge is -2.21. The number of hydrogen-bond donors (Lipinski definition) is 2. The van der Waals surface area contributed by atoms with E-state index in [1.807, 2.05) is 0 Å². The molecule has 3 rings (SSSR count). The summed E-state index contributed by atoms with van der Waals surface area (Å²) in [6, 6.07) is 8.30. The molecule has 1 aromatic rings. The van der Waals surface area contributed by atoms with Gasteiger partial charge in [-0.25, -0.2) is 5.48 Å². The number of fused-ring (bicyclic) bond motifs is 1. The Morgan fingerprint density at radius 1 is 1.28 bits per heavy atom. The molecular weight excluding hydrogens is 366 g/mol. The number of hydroxylamine groups is 1. The van der Waals surface area contributed by atoms with Gasteiger partial charge in [-0.05, 0) is 50.5 Å². The predicted octanol–water partition coefficient (Wildman–Crippen LogP) is 3.91. The molecule has 0 aromatic heterocycles. The van der Waals surface area contributed by atoms with Gasteiger partial charge in [0.25, 0.3) is 5.91 Å². The van der Waals surface area contributed by atoms with E-state index in [1.165, 1.54) is 22.1 Å². The molecule has 0 heterocycles. The summed E-state index contributed by atoms with van der Waals surface area (Å²) in [7, 11) is 0. The van der Waals surface area contributed by atoms with Crippen molar-refractivity contribution in [1.29, 1.82) is 0 Å². The monoisotopic (exact) mass is 396 g/mol. The smallest absolute Gasteiger partial charge is 0.267 e. The summed E-state index contributed by atoms with van der Waals surface area (Å²) >= 11 is 0. The van der Waals surface area contributed by atoms with Gasteiger partial charge < -0.3 is 4.90 Å². The molecule has 0 bridgehead atoms. The summed E-state index contributed by atoms with van der Waals surface area (Å²) in [6.07, 6.45) is 9.69. The van der Waals surface area contributed by atoms with Gasteiger partial charge in [0.2, 0.25) is 12.6 Å². The molecule has 1 saturated carbocycles. The maximum absolute atomic E-state index is 12.9. The quantitative estimate of drug-likeness (QED) is 0.302. The third kappa shape index (κ3) is 5.01. The van der Waals surface area contributed by atoms with Gasteiger partial charge in [-0.15, -0.1) is 0 Å². The van der Waals surface area contributed by atoms with Crippen LogP contribution in [0.15, 0.2) is 59.7 Å². The number of allylic oxidation sites excluding steroid dienone is 4. The van der Waals surface area contributed by atoms with Crippen molar-refractivity contribution in [2.75, 3.05) is 18.0 Å². The highest BCUT2D eigenvalue weighted by molar-refractivity contribution is 5.87. The van der Waals surface area contributed by atoms with Crippen LogP contribution in [0.25, 0.3) is 0 Å². The minimum Gasteiger partial charge on any atom is -0.372 e. The fraction of sp³-hybridized carbons (Fsp3) is 0.435. The van der Waals surface area contributed by atoms with Crippen LogP contribution in [0.1, 0.15) is 38.7 Å². The summed E-state index contributed by atoms with van der Waals surface area (Å²) < 4.78 is 1.24. The molecule has 1 amide bonds. The van der Waals surface area contributed by atoms with E-state index in [9.17, 15) is 9.70 Å². The highest BCUT2D eigenvalue weighted by Crippen LogP contribution is 2.40. The lowest BCUT2D eigenvalue weighted by Crippen LogP contribution is -2.28. The fourth-order valence-corrected chi connectivity index (χ4v) is 4.34.